The van der Waals surface area contributed by atoms with E-state index in [0.717, 1.165) is 0 Å². The summed E-state index contributed by atoms with van der Waals surface area (Å²) in [7, 11) is 0. The van der Waals surface area contributed by atoms with Gasteiger partial charge in [0.15, 0.2) is 0 Å². The van der Waals surface area contributed by atoms with Crippen LogP contribution in [0.15, 0.2) is 0 Å². The van der Waals surface area contributed by atoms with Crippen molar-refractivity contribution in [3.8, 4) is 0 Å². The molecule has 0 heterocycles. The molecule has 0 rings (SSSR count). The monoisotopic (exact) mass is 262 g/mol. The van der Waals surface area contributed by atoms with Gasteiger partial charge in [0.2, 0.25) is 0 Å². The zero-order chi connectivity index (χ0) is 14.1. The maximum absolute atomic E-state index is 11.2. The lowest BCUT2D eigenvalue weighted by atomic mass is 10.2. The van der Waals surface area contributed by atoms with Gasteiger partial charge in [-0.1, -0.05) is 0 Å². The number of carbonyl (C=O) groups excluding carboxylic acids is 2. The number of ether oxygens (including phenoxy) is 2. The first-order valence-electron chi connectivity index (χ1n) is 6.02. The van der Waals surface area contributed by atoms with Crippen LogP contribution in [0.4, 0.5) is 0 Å². The number of hydrogen-bond acceptors (Lipinski definition) is 6. The van der Waals surface area contributed by atoms with Gasteiger partial charge in [-0.05, 0) is 20.8 Å². The van der Waals surface area contributed by atoms with E-state index in [2.05, 4.69) is 0 Å². The molecule has 0 saturated carbocycles. The minimum atomic E-state index is -0.728. The lowest BCUT2D eigenvalue weighted by molar-refractivity contribution is -0.152. The molecule has 0 saturated heterocycles. The number of hydrogen-bond donors (Lipinski definition) is 2. The second kappa shape index (κ2) is 8.88. The number of aliphatic hydroxyl groups is 2. The van der Waals surface area contributed by atoms with Crippen LogP contribution in [0.1, 0.15) is 40.0 Å². The van der Waals surface area contributed by atoms with E-state index in [-0.39, 0.29) is 25.6 Å². The summed E-state index contributed by atoms with van der Waals surface area (Å²) in [6.45, 7) is 4.82. The summed E-state index contributed by atoms with van der Waals surface area (Å²) in [5.74, 6) is -0.958. The summed E-state index contributed by atoms with van der Waals surface area (Å²) in [6, 6.07) is 0. The van der Waals surface area contributed by atoms with E-state index in [1.165, 1.54) is 13.8 Å². The third-order valence-electron chi connectivity index (χ3n) is 2.04. The second-order valence-electron chi connectivity index (χ2n) is 4.42. The Morgan fingerprint density at radius 3 is 2.00 bits per heavy atom. The van der Waals surface area contributed by atoms with Crippen LogP contribution >= 0.6 is 0 Å². The summed E-state index contributed by atoms with van der Waals surface area (Å²) in [5, 5.41) is 17.9. The zero-order valence-electron chi connectivity index (χ0n) is 11.1. The summed E-state index contributed by atoms with van der Waals surface area (Å²) in [5.41, 5.74) is 0. The maximum atomic E-state index is 11.2. The molecule has 18 heavy (non-hydrogen) atoms. The third-order valence-corrected chi connectivity index (χ3v) is 2.04. The van der Waals surface area contributed by atoms with Gasteiger partial charge in [-0.2, -0.15) is 0 Å². The van der Waals surface area contributed by atoms with Crippen LogP contribution in [0.5, 0.6) is 0 Å². The fraction of sp³-hybridized carbons (Fsp3) is 0.833. The predicted octanol–water partition coefficient (Wildman–Crippen LogP) is 0.393. The molecule has 0 aromatic carbocycles. The Kier molecular flexibility index (Phi) is 8.32. The van der Waals surface area contributed by atoms with Gasteiger partial charge in [0.1, 0.15) is 6.10 Å². The van der Waals surface area contributed by atoms with Crippen LogP contribution in [-0.4, -0.2) is 47.1 Å². The van der Waals surface area contributed by atoms with Crippen LogP contribution in [0.3, 0.4) is 0 Å². The number of aliphatic hydroxyl groups excluding tert-OH is 2. The van der Waals surface area contributed by atoms with Crippen molar-refractivity contribution in [1.29, 1.82) is 0 Å². The smallest absolute Gasteiger partial charge is 0.308 e. The van der Waals surface area contributed by atoms with Crippen LogP contribution in [0.25, 0.3) is 0 Å². The highest BCUT2D eigenvalue weighted by Gasteiger charge is 2.13. The van der Waals surface area contributed by atoms with Gasteiger partial charge < -0.3 is 19.7 Å². The molecule has 0 radical (unpaired) electrons. The first-order valence-corrected chi connectivity index (χ1v) is 6.02. The van der Waals surface area contributed by atoms with Crippen LogP contribution in [-0.2, 0) is 19.1 Å². The first kappa shape index (κ1) is 16.9. The molecule has 106 valence electrons. The Morgan fingerprint density at radius 2 is 1.50 bits per heavy atom. The predicted molar refractivity (Wildman–Crippen MR) is 63.7 cm³/mol. The maximum Gasteiger partial charge on any atom is 0.308 e. The summed E-state index contributed by atoms with van der Waals surface area (Å²) < 4.78 is 9.83. The molecule has 3 atom stereocenters. The summed E-state index contributed by atoms with van der Waals surface area (Å²) in [4.78, 5) is 22.3. The van der Waals surface area contributed by atoms with E-state index in [4.69, 9.17) is 19.7 Å². The van der Waals surface area contributed by atoms with Crippen molar-refractivity contribution in [2.75, 3.05) is 6.61 Å². The molecular weight excluding hydrogens is 240 g/mol. The molecule has 0 amide bonds. The molecule has 0 aliphatic heterocycles. The van der Waals surface area contributed by atoms with Crippen LogP contribution in [0.2, 0.25) is 0 Å². The number of esters is 2. The van der Waals surface area contributed by atoms with Gasteiger partial charge in [0.05, 0.1) is 31.7 Å². The van der Waals surface area contributed by atoms with Crippen molar-refractivity contribution < 1.29 is 29.3 Å². The summed E-state index contributed by atoms with van der Waals surface area (Å²) in [6.07, 6.45) is -1.54. The van der Waals surface area contributed by atoms with Gasteiger partial charge >= 0.3 is 11.9 Å². The minimum absolute atomic E-state index is 0.0454. The third kappa shape index (κ3) is 10.0. The minimum Gasteiger partial charge on any atom is -0.465 e. The van der Waals surface area contributed by atoms with Crippen molar-refractivity contribution in [2.45, 2.75) is 58.3 Å². The van der Waals surface area contributed by atoms with Gasteiger partial charge in [-0.3, -0.25) is 9.59 Å². The fourth-order valence-electron chi connectivity index (χ4n) is 1.21. The highest BCUT2D eigenvalue weighted by atomic mass is 16.6. The van der Waals surface area contributed by atoms with Crippen molar-refractivity contribution >= 4 is 11.9 Å². The average Bonchev–Trinajstić information content (AvgIpc) is 2.13. The normalized spacial score (nSPS) is 15.6. The molecule has 0 aliphatic rings. The molecule has 0 aliphatic carbocycles. The van der Waals surface area contributed by atoms with E-state index in [1.807, 2.05) is 0 Å². The lowest BCUT2D eigenvalue weighted by Crippen LogP contribution is -2.21. The van der Waals surface area contributed by atoms with E-state index >= 15 is 0 Å². The molecular formula is C12H22O6. The molecule has 0 unspecified atom stereocenters. The highest BCUT2D eigenvalue weighted by molar-refractivity contribution is 5.70. The number of rotatable bonds is 8. The Bertz CT molecular complexity index is 261. The molecule has 6 nitrogen and oxygen atoms in total. The summed E-state index contributed by atoms with van der Waals surface area (Å²) >= 11 is 0. The Labute approximate surface area is 107 Å². The molecule has 2 N–H and O–H groups in total. The quantitative estimate of drug-likeness (QED) is 0.615. The van der Waals surface area contributed by atoms with E-state index < -0.39 is 24.1 Å². The molecule has 0 bridgehead atoms. The highest BCUT2D eigenvalue weighted by Crippen LogP contribution is 2.03. The Hall–Kier alpha value is -1.14. The molecule has 0 aromatic rings. The van der Waals surface area contributed by atoms with Crippen molar-refractivity contribution in [1.82, 2.24) is 0 Å². The van der Waals surface area contributed by atoms with Gasteiger partial charge in [0, 0.05) is 6.42 Å². The van der Waals surface area contributed by atoms with Crippen molar-refractivity contribution in [2.24, 2.45) is 0 Å². The average molecular weight is 262 g/mol. The van der Waals surface area contributed by atoms with Crippen LogP contribution < -0.4 is 0 Å². The Morgan fingerprint density at radius 1 is 1.00 bits per heavy atom. The largest absolute Gasteiger partial charge is 0.465 e. The molecule has 6 heteroatoms. The van der Waals surface area contributed by atoms with Gasteiger partial charge in [-0.25, -0.2) is 0 Å². The molecule has 0 aromatic heterocycles. The standard InChI is InChI=1S/C12H22O6/c1-8(13)6-11(15)17-5-4-10(3)18-12(16)7-9(2)14/h8-10,13-14H,4-7H2,1-3H3/t8-,9-,10-/m1/s1. The van der Waals surface area contributed by atoms with Gasteiger partial charge in [0.25, 0.3) is 0 Å². The second-order valence-corrected chi connectivity index (χ2v) is 4.42. The zero-order valence-corrected chi connectivity index (χ0v) is 11.1. The lowest BCUT2D eigenvalue weighted by Gasteiger charge is -2.14. The Balaban J connectivity index is 3.67. The SMILES string of the molecule is C[C@H](CCOC(=O)C[C@@H](C)O)OC(=O)C[C@@H](C)O. The van der Waals surface area contributed by atoms with Crippen molar-refractivity contribution in [3.63, 3.8) is 0 Å². The van der Waals surface area contributed by atoms with E-state index in [9.17, 15) is 9.59 Å². The van der Waals surface area contributed by atoms with Crippen molar-refractivity contribution in [3.05, 3.63) is 0 Å². The van der Waals surface area contributed by atoms with E-state index in [0.29, 0.717) is 6.42 Å². The van der Waals surface area contributed by atoms with Gasteiger partial charge in [-0.15, -0.1) is 0 Å². The molecule has 0 fully saturated rings. The fourth-order valence-corrected chi connectivity index (χ4v) is 1.21. The van der Waals surface area contributed by atoms with Crippen LogP contribution in [0, 0.1) is 0 Å². The topological polar surface area (TPSA) is 93.1 Å². The first-order chi connectivity index (χ1) is 8.31. The number of carbonyl (C=O) groups is 2. The van der Waals surface area contributed by atoms with E-state index in [1.54, 1.807) is 6.92 Å². The molecule has 0 spiro atoms.